The van der Waals surface area contributed by atoms with Crippen LogP contribution in [0.4, 0.5) is 10.9 Å². The van der Waals surface area contributed by atoms with E-state index in [1.54, 1.807) is 12.1 Å². The molecule has 19 heavy (non-hydrogen) atoms. The Kier molecular flexibility index (Phi) is 2.69. The first-order valence-corrected chi connectivity index (χ1v) is 6.55. The van der Waals surface area contributed by atoms with Gasteiger partial charge in [-0.3, -0.25) is 4.79 Å². The van der Waals surface area contributed by atoms with Gasteiger partial charge in [-0.15, -0.1) is 0 Å². The Bertz CT molecular complexity index is 684. The van der Waals surface area contributed by atoms with Crippen LogP contribution < -0.4 is 11.1 Å². The molecule has 1 aromatic heterocycles. The number of anilines is 2. The van der Waals surface area contributed by atoms with Gasteiger partial charge < -0.3 is 11.1 Å². The zero-order valence-electron chi connectivity index (χ0n) is 9.88. The van der Waals surface area contributed by atoms with Crippen molar-refractivity contribution < 1.29 is 4.79 Å². The summed E-state index contributed by atoms with van der Waals surface area (Å²) in [5, 5.41) is 12.0. The molecule has 0 saturated heterocycles. The number of nitrogen functional groups attached to an aromatic ring is 1. The van der Waals surface area contributed by atoms with E-state index in [9.17, 15) is 4.79 Å². The fourth-order valence-electron chi connectivity index (χ4n) is 2.20. The summed E-state index contributed by atoms with van der Waals surface area (Å²) in [6.45, 7) is 0. The summed E-state index contributed by atoms with van der Waals surface area (Å²) in [7, 11) is 0. The van der Waals surface area contributed by atoms with E-state index < -0.39 is 0 Å². The predicted molar refractivity (Wildman–Crippen MR) is 72.8 cm³/mol. The molecule has 0 fully saturated rings. The van der Waals surface area contributed by atoms with E-state index in [4.69, 9.17) is 11.0 Å². The molecule has 0 spiro atoms. The van der Waals surface area contributed by atoms with Gasteiger partial charge in [0.1, 0.15) is 5.82 Å². The zero-order valence-corrected chi connectivity index (χ0v) is 10.7. The van der Waals surface area contributed by atoms with Crippen LogP contribution in [-0.2, 0) is 4.79 Å². The summed E-state index contributed by atoms with van der Waals surface area (Å²) in [6, 6.07) is 9.34. The quantitative estimate of drug-likeness (QED) is 0.829. The molecule has 0 radical (unpaired) electrons. The highest BCUT2D eigenvalue weighted by Crippen LogP contribution is 2.41. The number of hydrogen-bond donors (Lipinski definition) is 2. The van der Waals surface area contributed by atoms with Gasteiger partial charge in [-0.25, -0.2) is 4.98 Å². The Morgan fingerprint density at radius 3 is 2.84 bits per heavy atom. The van der Waals surface area contributed by atoms with Crippen LogP contribution >= 0.6 is 11.3 Å². The standard InChI is InChI=1S/C13H10N4OS/c14-6-7-1-3-8(4-2-7)9-5-10(18)16-12-11(9)19-13(15)17-12/h1-4,9H,5H2,(H2,15,17)(H,16,18)/t9-/m0/s1. The van der Waals surface area contributed by atoms with Crippen LogP contribution in [0.5, 0.6) is 0 Å². The van der Waals surface area contributed by atoms with Crippen LogP contribution in [0, 0.1) is 11.3 Å². The van der Waals surface area contributed by atoms with Gasteiger partial charge in [-0.05, 0) is 17.7 Å². The maximum absolute atomic E-state index is 11.7. The second-order valence-corrected chi connectivity index (χ2v) is 5.37. The predicted octanol–water partition coefficient (Wildman–Crippen LogP) is 2.07. The minimum Gasteiger partial charge on any atom is -0.375 e. The number of hydrogen-bond acceptors (Lipinski definition) is 5. The molecule has 1 amide bonds. The lowest BCUT2D eigenvalue weighted by Gasteiger charge is -2.21. The summed E-state index contributed by atoms with van der Waals surface area (Å²) in [4.78, 5) is 16.8. The van der Waals surface area contributed by atoms with Crippen molar-refractivity contribution in [2.75, 3.05) is 11.1 Å². The van der Waals surface area contributed by atoms with E-state index in [0.717, 1.165) is 10.4 Å². The van der Waals surface area contributed by atoms with Gasteiger partial charge in [-0.2, -0.15) is 5.26 Å². The average Bonchev–Trinajstić information content (AvgIpc) is 2.78. The Hall–Kier alpha value is -2.39. The Morgan fingerprint density at radius 1 is 1.42 bits per heavy atom. The minimum atomic E-state index is -0.0628. The Morgan fingerprint density at radius 2 is 2.16 bits per heavy atom. The molecule has 1 atom stereocenters. The topological polar surface area (TPSA) is 91.8 Å². The molecule has 1 aliphatic rings. The van der Waals surface area contributed by atoms with E-state index >= 15 is 0 Å². The summed E-state index contributed by atoms with van der Waals surface area (Å²) < 4.78 is 0. The van der Waals surface area contributed by atoms with Crippen molar-refractivity contribution in [2.45, 2.75) is 12.3 Å². The number of aromatic nitrogens is 1. The van der Waals surface area contributed by atoms with Crippen molar-refractivity contribution in [3.8, 4) is 6.07 Å². The van der Waals surface area contributed by atoms with Gasteiger partial charge in [0.25, 0.3) is 0 Å². The largest absolute Gasteiger partial charge is 0.375 e. The molecule has 94 valence electrons. The van der Waals surface area contributed by atoms with Crippen LogP contribution in [0.2, 0.25) is 0 Å². The first-order chi connectivity index (χ1) is 9.17. The minimum absolute atomic E-state index is 0.0358. The molecule has 3 N–H and O–H groups in total. The number of thiazole rings is 1. The van der Waals surface area contributed by atoms with Gasteiger partial charge >= 0.3 is 0 Å². The number of nitrogens with one attached hydrogen (secondary N) is 1. The second-order valence-electron chi connectivity index (χ2n) is 4.30. The Balaban J connectivity index is 2.04. The second kappa shape index (κ2) is 4.37. The fourth-order valence-corrected chi connectivity index (χ4v) is 3.11. The number of fused-ring (bicyclic) bond motifs is 1. The first kappa shape index (κ1) is 11.7. The lowest BCUT2D eigenvalue weighted by molar-refractivity contribution is -0.116. The van der Waals surface area contributed by atoms with Crippen molar-refractivity contribution >= 4 is 28.2 Å². The van der Waals surface area contributed by atoms with Crippen molar-refractivity contribution in [3.63, 3.8) is 0 Å². The molecule has 0 saturated carbocycles. The highest BCUT2D eigenvalue weighted by Gasteiger charge is 2.29. The maximum atomic E-state index is 11.7. The maximum Gasteiger partial charge on any atom is 0.226 e. The fraction of sp³-hybridized carbons (Fsp3) is 0.154. The number of nitrogens with two attached hydrogens (primary N) is 1. The van der Waals surface area contributed by atoms with E-state index in [0.29, 0.717) is 22.9 Å². The van der Waals surface area contributed by atoms with Crippen molar-refractivity contribution in [1.29, 1.82) is 5.26 Å². The molecular formula is C13H10N4OS. The third-order valence-corrected chi connectivity index (χ3v) is 4.07. The summed E-state index contributed by atoms with van der Waals surface area (Å²) in [5.74, 6) is 0.464. The summed E-state index contributed by atoms with van der Waals surface area (Å²) in [5.41, 5.74) is 7.31. The van der Waals surface area contributed by atoms with Crippen LogP contribution in [0.3, 0.4) is 0 Å². The molecule has 1 aliphatic heterocycles. The Labute approximate surface area is 113 Å². The monoisotopic (exact) mass is 270 g/mol. The van der Waals surface area contributed by atoms with E-state index in [2.05, 4.69) is 16.4 Å². The number of nitriles is 1. The van der Waals surface area contributed by atoms with Gasteiger partial charge in [0.2, 0.25) is 5.91 Å². The molecule has 0 unspecified atom stereocenters. The van der Waals surface area contributed by atoms with E-state index in [1.165, 1.54) is 11.3 Å². The molecule has 0 aliphatic carbocycles. The van der Waals surface area contributed by atoms with Crippen LogP contribution in [0.25, 0.3) is 0 Å². The van der Waals surface area contributed by atoms with E-state index in [1.807, 2.05) is 12.1 Å². The summed E-state index contributed by atoms with van der Waals surface area (Å²) in [6.07, 6.45) is 0.376. The smallest absolute Gasteiger partial charge is 0.226 e. The number of carbonyl (C=O) groups is 1. The number of nitrogens with zero attached hydrogens (tertiary/aromatic N) is 2. The highest BCUT2D eigenvalue weighted by molar-refractivity contribution is 7.16. The van der Waals surface area contributed by atoms with Crippen molar-refractivity contribution in [2.24, 2.45) is 0 Å². The zero-order chi connectivity index (χ0) is 13.4. The van der Waals surface area contributed by atoms with Gasteiger partial charge in [0, 0.05) is 12.3 Å². The number of rotatable bonds is 1. The van der Waals surface area contributed by atoms with Crippen LogP contribution in [-0.4, -0.2) is 10.9 Å². The normalized spacial score (nSPS) is 17.4. The van der Waals surface area contributed by atoms with Gasteiger partial charge in [0.05, 0.1) is 16.5 Å². The number of benzene rings is 1. The molecule has 2 heterocycles. The molecule has 2 aromatic rings. The average molecular weight is 270 g/mol. The van der Waals surface area contributed by atoms with Crippen molar-refractivity contribution in [1.82, 2.24) is 4.98 Å². The third kappa shape index (κ3) is 2.04. The third-order valence-electron chi connectivity index (χ3n) is 3.08. The first-order valence-electron chi connectivity index (χ1n) is 5.73. The lowest BCUT2D eigenvalue weighted by atomic mass is 9.91. The number of carbonyl (C=O) groups excluding carboxylic acids is 1. The number of amides is 1. The highest BCUT2D eigenvalue weighted by atomic mass is 32.1. The van der Waals surface area contributed by atoms with Gasteiger partial charge in [-0.1, -0.05) is 23.5 Å². The van der Waals surface area contributed by atoms with Gasteiger partial charge in [0.15, 0.2) is 5.13 Å². The summed E-state index contributed by atoms with van der Waals surface area (Å²) >= 11 is 1.39. The lowest BCUT2D eigenvalue weighted by Crippen LogP contribution is -2.22. The van der Waals surface area contributed by atoms with E-state index in [-0.39, 0.29) is 11.8 Å². The molecule has 3 rings (SSSR count). The molecule has 5 nitrogen and oxygen atoms in total. The molecule has 0 bridgehead atoms. The van der Waals surface area contributed by atoms with Crippen LogP contribution in [0.15, 0.2) is 24.3 Å². The molecule has 6 heteroatoms. The molecule has 1 aromatic carbocycles. The SMILES string of the molecule is N#Cc1ccc([C@@H]2CC(=O)Nc3nc(N)sc32)cc1. The van der Waals surface area contributed by atoms with Crippen LogP contribution in [0.1, 0.15) is 28.3 Å². The van der Waals surface area contributed by atoms with Crippen molar-refractivity contribution in [3.05, 3.63) is 40.3 Å². The molecular weight excluding hydrogens is 260 g/mol.